The van der Waals surface area contributed by atoms with Crippen LogP contribution in [0.15, 0.2) is 42.5 Å². The summed E-state index contributed by atoms with van der Waals surface area (Å²) in [6, 6.07) is 13.8. The van der Waals surface area contributed by atoms with Gasteiger partial charge in [-0.25, -0.2) is 4.98 Å². The minimum atomic E-state index is 0.101. The van der Waals surface area contributed by atoms with E-state index in [2.05, 4.69) is 34.9 Å². The van der Waals surface area contributed by atoms with Gasteiger partial charge in [-0.2, -0.15) is 0 Å². The first-order valence-corrected chi connectivity index (χ1v) is 11.8. The van der Waals surface area contributed by atoms with Crippen LogP contribution in [-0.2, 0) is 4.79 Å². The molecule has 2 fully saturated rings. The summed E-state index contributed by atoms with van der Waals surface area (Å²) in [5, 5.41) is 11.2. The molecule has 0 radical (unpaired) electrons. The van der Waals surface area contributed by atoms with Crippen LogP contribution in [0.3, 0.4) is 0 Å². The summed E-state index contributed by atoms with van der Waals surface area (Å²) in [6.45, 7) is 6.81. The number of piperazine rings is 1. The number of benzene rings is 2. The van der Waals surface area contributed by atoms with Crippen LogP contribution >= 0.6 is 11.3 Å². The molecule has 2 aromatic carbocycles. The number of aromatic nitrogens is 1. The van der Waals surface area contributed by atoms with Gasteiger partial charge in [0.15, 0.2) is 5.13 Å². The molecule has 0 unspecified atom stereocenters. The van der Waals surface area contributed by atoms with Crippen molar-refractivity contribution in [3.8, 4) is 5.75 Å². The van der Waals surface area contributed by atoms with Crippen LogP contribution in [-0.4, -0.2) is 60.2 Å². The van der Waals surface area contributed by atoms with Crippen LogP contribution in [0.4, 0.5) is 10.8 Å². The number of hydrogen-bond acceptors (Lipinski definition) is 6. The molecule has 0 saturated carbocycles. The number of rotatable bonds is 3. The quantitative estimate of drug-likeness (QED) is 0.675. The van der Waals surface area contributed by atoms with Crippen LogP contribution < -0.4 is 9.80 Å². The number of anilines is 2. The van der Waals surface area contributed by atoms with Gasteiger partial charge < -0.3 is 19.8 Å². The van der Waals surface area contributed by atoms with Crippen molar-refractivity contribution in [2.24, 2.45) is 5.92 Å². The summed E-state index contributed by atoms with van der Waals surface area (Å²) in [6.07, 6.45) is 1.76. The van der Waals surface area contributed by atoms with Crippen LogP contribution in [0.5, 0.6) is 5.75 Å². The zero-order valence-corrected chi connectivity index (χ0v) is 18.6. The molecule has 0 spiro atoms. The fourth-order valence-corrected chi connectivity index (χ4v) is 5.75. The lowest BCUT2D eigenvalue weighted by Crippen LogP contribution is -2.51. The molecule has 1 aromatic heterocycles. The van der Waals surface area contributed by atoms with Crippen molar-refractivity contribution in [1.29, 1.82) is 0 Å². The van der Waals surface area contributed by atoms with E-state index in [-0.39, 0.29) is 11.8 Å². The number of para-hydroxylation sites is 2. The third kappa shape index (κ3) is 4.06. The highest BCUT2D eigenvalue weighted by Gasteiger charge is 2.31. The molecule has 1 N–H and O–H groups in total. The number of phenolic OH excluding ortho intramolecular Hbond substituents is 1. The molecule has 5 rings (SSSR count). The van der Waals surface area contributed by atoms with E-state index in [4.69, 9.17) is 4.98 Å². The Labute approximate surface area is 186 Å². The molecule has 3 aromatic rings. The maximum atomic E-state index is 13.1. The second kappa shape index (κ2) is 8.38. The average molecular weight is 437 g/mol. The number of piperidine rings is 1. The molecule has 0 bridgehead atoms. The van der Waals surface area contributed by atoms with Crippen molar-refractivity contribution >= 4 is 38.3 Å². The molecule has 6 nitrogen and oxygen atoms in total. The third-order valence-corrected chi connectivity index (χ3v) is 7.54. The van der Waals surface area contributed by atoms with E-state index in [0.29, 0.717) is 18.8 Å². The van der Waals surface area contributed by atoms with Gasteiger partial charge in [0.2, 0.25) is 5.91 Å². The van der Waals surface area contributed by atoms with Crippen LogP contribution in [0.25, 0.3) is 10.2 Å². The van der Waals surface area contributed by atoms with Crippen molar-refractivity contribution in [3.63, 3.8) is 0 Å². The molecule has 31 heavy (non-hydrogen) atoms. The topological polar surface area (TPSA) is 59.9 Å². The molecule has 0 atom stereocenters. The molecule has 7 heteroatoms. The normalized spacial score (nSPS) is 18.0. The Balaban J connectivity index is 1.16. The number of aromatic hydroxyl groups is 1. The van der Waals surface area contributed by atoms with E-state index >= 15 is 0 Å². The Bertz CT molecular complexity index is 1080. The van der Waals surface area contributed by atoms with Gasteiger partial charge in [0.25, 0.3) is 0 Å². The summed E-state index contributed by atoms with van der Waals surface area (Å²) in [7, 11) is 0. The Morgan fingerprint density at radius 2 is 1.74 bits per heavy atom. The molecule has 3 heterocycles. The van der Waals surface area contributed by atoms with Crippen molar-refractivity contribution in [2.75, 3.05) is 49.1 Å². The summed E-state index contributed by atoms with van der Waals surface area (Å²) in [5.41, 5.74) is 3.18. The van der Waals surface area contributed by atoms with E-state index in [1.54, 1.807) is 17.4 Å². The highest BCUT2D eigenvalue weighted by Crippen LogP contribution is 2.33. The second-order valence-electron chi connectivity index (χ2n) is 8.53. The molecule has 1 amide bonds. The lowest BCUT2D eigenvalue weighted by Gasteiger charge is -2.39. The monoisotopic (exact) mass is 436 g/mol. The molecule has 0 aliphatic carbocycles. The van der Waals surface area contributed by atoms with Crippen LogP contribution in [0, 0.1) is 12.8 Å². The number of nitrogens with zero attached hydrogens (tertiary/aromatic N) is 4. The minimum Gasteiger partial charge on any atom is -0.506 e. The minimum absolute atomic E-state index is 0.101. The van der Waals surface area contributed by atoms with Gasteiger partial charge in [-0.1, -0.05) is 29.5 Å². The van der Waals surface area contributed by atoms with Gasteiger partial charge in [-0.3, -0.25) is 4.79 Å². The number of phenols is 1. The molecular formula is C24H28N4O2S. The Morgan fingerprint density at radius 1 is 1.00 bits per heavy atom. The van der Waals surface area contributed by atoms with E-state index < -0.39 is 0 Å². The van der Waals surface area contributed by atoms with Gasteiger partial charge in [-0.05, 0) is 49.6 Å². The van der Waals surface area contributed by atoms with Gasteiger partial charge in [0.05, 0.1) is 15.9 Å². The van der Waals surface area contributed by atoms with Crippen molar-refractivity contribution in [1.82, 2.24) is 9.88 Å². The average Bonchev–Trinajstić information content (AvgIpc) is 3.22. The smallest absolute Gasteiger partial charge is 0.225 e. The summed E-state index contributed by atoms with van der Waals surface area (Å²) < 4.78 is 1.23. The first-order valence-electron chi connectivity index (χ1n) is 11.0. The highest BCUT2D eigenvalue weighted by atomic mass is 32.1. The third-order valence-electron chi connectivity index (χ3n) is 6.46. The largest absolute Gasteiger partial charge is 0.506 e. The van der Waals surface area contributed by atoms with Gasteiger partial charge >= 0.3 is 0 Å². The summed E-state index contributed by atoms with van der Waals surface area (Å²) >= 11 is 1.75. The lowest BCUT2D eigenvalue weighted by molar-refractivity contribution is -0.136. The molecular weight excluding hydrogens is 408 g/mol. The number of amides is 1. The van der Waals surface area contributed by atoms with Crippen molar-refractivity contribution in [2.45, 2.75) is 19.8 Å². The first kappa shape index (κ1) is 20.1. The van der Waals surface area contributed by atoms with Gasteiger partial charge in [0.1, 0.15) is 5.75 Å². The van der Waals surface area contributed by atoms with Gasteiger partial charge in [-0.15, -0.1) is 0 Å². The predicted molar refractivity (Wildman–Crippen MR) is 126 cm³/mol. The first-order chi connectivity index (χ1) is 15.1. The van der Waals surface area contributed by atoms with Crippen molar-refractivity contribution < 1.29 is 9.90 Å². The van der Waals surface area contributed by atoms with Crippen molar-refractivity contribution in [3.05, 3.63) is 48.0 Å². The zero-order valence-electron chi connectivity index (χ0n) is 17.8. The maximum Gasteiger partial charge on any atom is 0.225 e. The standard InChI is InChI=1S/C24H28N4O2S/c1-17-6-7-19-22(16-17)31-24(25-19)28-10-8-18(9-11-28)23(30)27-14-12-26(13-15-27)20-4-2-3-5-21(20)29/h2-7,16,18,29H,8-15H2,1H3. The number of aryl methyl sites for hydroxylation is 1. The SMILES string of the molecule is Cc1ccc2nc(N3CCC(C(=O)N4CCN(c5ccccc5O)CC4)CC3)sc2c1. The molecule has 2 aliphatic heterocycles. The Morgan fingerprint density at radius 3 is 2.48 bits per heavy atom. The summed E-state index contributed by atoms with van der Waals surface area (Å²) in [4.78, 5) is 24.4. The maximum absolute atomic E-state index is 13.1. The highest BCUT2D eigenvalue weighted by molar-refractivity contribution is 7.22. The molecule has 2 aliphatic rings. The Kier molecular flexibility index (Phi) is 5.44. The molecule has 2 saturated heterocycles. The molecule has 162 valence electrons. The lowest BCUT2D eigenvalue weighted by atomic mass is 9.95. The zero-order chi connectivity index (χ0) is 21.4. The van der Waals surface area contributed by atoms with E-state index in [9.17, 15) is 9.90 Å². The number of hydrogen-bond donors (Lipinski definition) is 1. The number of carbonyl (C=O) groups excluding carboxylic acids is 1. The fraction of sp³-hybridized carbons (Fsp3) is 0.417. The van der Waals surface area contributed by atoms with Crippen LogP contribution in [0.1, 0.15) is 18.4 Å². The van der Waals surface area contributed by atoms with E-state index in [1.165, 1.54) is 10.3 Å². The Hall–Kier alpha value is -2.80. The number of fused-ring (bicyclic) bond motifs is 1. The predicted octanol–water partition coefficient (Wildman–Crippen LogP) is 3.88. The summed E-state index contributed by atoms with van der Waals surface area (Å²) in [5.74, 6) is 0.695. The van der Waals surface area contributed by atoms with E-state index in [0.717, 1.165) is 55.4 Å². The number of carbonyl (C=O) groups is 1. The number of thiazole rings is 1. The van der Waals surface area contributed by atoms with E-state index in [1.807, 2.05) is 23.1 Å². The fourth-order valence-electron chi connectivity index (χ4n) is 4.63. The van der Waals surface area contributed by atoms with Gasteiger partial charge in [0, 0.05) is 45.2 Å². The second-order valence-corrected chi connectivity index (χ2v) is 9.54. The van der Waals surface area contributed by atoms with Crippen LogP contribution in [0.2, 0.25) is 0 Å².